The van der Waals surface area contributed by atoms with Crippen LogP contribution in [0, 0.1) is 0 Å². The number of ether oxygens (including phenoxy) is 1. The fraction of sp³-hybridized carbons (Fsp3) is 0.692. The summed E-state index contributed by atoms with van der Waals surface area (Å²) < 4.78 is 37.1. The molecule has 1 aromatic rings. The second kappa shape index (κ2) is 7.28. The number of rotatable bonds is 5. The second-order valence-corrected chi connectivity index (χ2v) is 7.44. The van der Waals surface area contributed by atoms with E-state index in [4.69, 9.17) is 9.26 Å². The third-order valence-corrected chi connectivity index (χ3v) is 5.46. The van der Waals surface area contributed by atoms with Crippen molar-refractivity contribution in [3.05, 3.63) is 11.8 Å². The minimum atomic E-state index is -3.47. The fourth-order valence-corrected chi connectivity index (χ4v) is 3.42. The van der Waals surface area contributed by atoms with Crippen molar-refractivity contribution in [2.45, 2.75) is 13.3 Å². The molecule has 1 aliphatic heterocycles. The molecule has 1 fully saturated rings. The van der Waals surface area contributed by atoms with Gasteiger partial charge in [0.2, 0.25) is 5.76 Å². The first-order chi connectivity index (χ1) is 10.9. The summed E-state index contributed by atoms with van der Waals surface area (Å²) in [6.07, 6.45) is 0.561. The number of amides is 1. The summed E-state index contributed by atoms with van der Waals surface area (Å²) in [5.41, 5.74) is 0. The zero-order chi connectivity index (χ0) is 17.0. The molecule has 1 aliphatic rings. The van der Waals surface area contributed by atoms with Crippen LogP contribution in [-0.4, -0.2) is 79.9 Å². The number of carbonyl (C=O) groups excluding carboxylic acids is 1. The molecule has 23 heavy (non-hydrogen) atoms. The molecule has 2 rings (SSSR count). The Morgan fingerprint density at radius 1 is 1.35 bits per heavy atom. The van der Waals surface area contributed by atoms with Crippen molar-refractivity contribution in [1.82, 2.24) is 18.7 Å². The lowest BCUT2D eigenvalue weighted by Gasteiger charge is -2.24. The smallest absolute Gasteiger partial charge is 0.292 e. The molecule has 0 spiro atoms. The van der Waals surface area contributed by atoms with E-state index >= 15 is 0 Å². The minimum absolute atomic E-state index is 0.0948. The lowest BCUT2D eigenvalue weighted by molar-refractivity contribution is 0.0722. The highest BCUT2D eigenvalue weighted by Gasteiger charge is 2.29. The first-order valence-electron chi connectivity index (χ1n) is 7.42. The van der Waals surface area contributed by atoms with Crippen molar-refractivity contribution in [3.63, 3.8) is 0 Å². The van der Waals surface area contributed by atoms with Crippen molar-refractivity contribution >= 4 is 16.1 Å². The van der Waals surface area contributed by atoms with E-state index < -0.39 is 10.2 Å². The molecule has 1 aromatic heterocycles. The predicted octanol–water partition coefficient (Wildman–Crippen LogP) is 0.0276. The van der Waals surface area contributed by atoms with Crippen molar-refractivity contribution in [3.8, 4) is 5.88 Å². The van der Waals surface area contributed by atoms with Gasteiger partial charge in [-0.3, -0.25) is 4.79 Å². The summed E-state index contributed by atoms with van der Waals surface area (Å²) in [6, 6.07) is 1.45. The van der Waals surface area contributed by atoms with Gasteiger partial charge >= 0.3 is 0 Å². The summed E-state index contributed by atoms with van der Waals surface area (Å²) in [4.78, 5) is 14.0. The molecule has 0 aromatic carbocycles. The standard InChI is InChI=1S/C13H22N4O5S/c1-4-21-12-10-11(22-14-12)13(18)16-6-5-7-17(9-8-16)23(19,20)15(2)3/h10H,4-9H2,1-3H3. The Bertz CT molecular complexity index is 643. The van der Waals surface area contributed by atoms with Crippen LogP contribution in [0.3, 0.4) is 0 Å². The Hall–Kier alpha value is -1.65. The summed E-state index contributed by atoms with van der Waals surface area (Å²) >= 11 is 0. The minimum Gasteiger partial charge on any atom is -0.476 e. The van der Waals surface area contributed by atoms with Crippen LogP contribution in [0.1, 0.15) is 23.9 Å². The van der Waals surface area contributed by atoms with Crippen LogP contribution in [0.4, 0.5) is 0 Å². The molecule has 2 heterocycles. The van der Waals surface area contributed by atoms with Gasteiger partial charge in [-0.1, -0.05) is 0 Å². The normalized spacial score (nSPS) is 17.3. The molecule has 130 valence electrons. The van der Waals surface area contributed by atoms with Gasteiger partial charge in [0.05, 0.1) is 12.7 Å². The number of aromatic nitrogens is 1. The lowest BCUT2D eigenvalue weighted by Crippen LogP contribution is -2.42. The molecule has 1 amide bonds. The van der Waals surface area contributed by atoms with Crippen molar-refractivity contribution in [1.29, 1.82) is 0 Å². The van der Waals surface area contributed by atoms with Gasteiger partial charge in [-0.15, -0.1) is 0 Å². The van der Waals surface area contributed by atoms with Crippen LogP contribution in [0.15, 0.2) is 10.6 Å². The molecule has 0 aliphatic carbocycles. The van der Waals surface area contributed by atoms with Crippen LogP contribution in [-0.2, 0) is 10.2 Å². The van der Waals surface area contributed by atoms with Crippen LogP contribution < -0.4 is 4.74 Å². The van der Waals surface area contributed by atoms with Crippen molar-refractivity contribution in [2.75, 3.05) is 46.9 Å². The number of carbonyl (C=O) groups is 1. The van der Waals surface area contributed by atoms with Gasteiger partial charge in [-0.25, -0.2) is 0 Å². The van der Waals surface area contributed by atoms with Gasteiger partial charge in [-0.05, 0) is 18.5 Å². The maximum Gasteiger partial charge on any atom is 0.292 e. The summed E-state index contributed by atoms with van der Waals surface area (Å²) in [7, 11) is -0.481. The summed E-state index contributed by atoms with van der Waals surface area (Å²) in [5.74, 6) is 0.0485. The number of hydrogen-bond donors (Lipinski definition) is 0. The molecule has 0 radical (unpaired) electrons. The summed E-state index contributed by atoms with van der Waals surface area (Å²) in [6.45, 7) is 3.63. The zero-order valence-corrected chi connectivity index (χ0v) is 14.4. The molecule has 10 heteroatoms. The SMILES string of the molecule is CCOc1cc(C(=O)N2CCCN(S(=O)(=O)N(C)C)CC2)on1. The third-order valence-electron chi connectivity index (χ3n) is 3.52. The van der Waals surface area contributed by atoms with E-state index in [1.807, 2.05) is 6.92 Å². The number of hydrogen-bond acceptors (Lipinski definition) is 6. The molecule has 0 bridgehead atoms. The van der Waals surface area contributed by atoms with Gasteiger partial charge in [0.15, 0.2) is 0 Å². The van der Waals surface area contributed by atoms with Gasteiger partial charge in [0.25, 0.3) is 22.0 Å². The highest BCUT2D eigenvalue weighted by Crippen LogP contribution is 2.16. The van der Waals surface area contributed by atoms with E-state index in [1.54, 1.807) is 4.90 Å². The van der Waals surface area contributed by atoms with Gasteiger partial charge in [0, 0.05) is 40.3 Å². The van der Waals surface area contributed by atoms with Crippen LogP contribution in [0.5, 0.6) is 5.88 Å². The largest absolute Gasteiger partial charge is 0.476 e. The maximum absolute atomic E-state index is 12.4. The molecular formula is C13H22N4O5S. The average molecular weight is 346 g/mol. The van der Waals surface area contributed by atoms with E-state index in [0.29, 0.717) is 32.7 Å². The topological polar surface area (TPSA) is 96.2 Å². The molecule has 0 N–H and O–H groups in total. The Balaban J connectivity index is 2.03. The zero-order valence-electron chi connectivity index (χ0n) is 13.6. The molecule has 0 unspecified atom stereocenters. The second-order valence-electron chi connectivity index (χ2n) is 5.30. The fourth-order valence-electron chi connectivity index (χ4n) is 2.29. The Kier molecular flexibility index (Phi) is 5.60. The van der Waals surface area contributed by atoms with Crippen LogP contribution in [0.25, 0.3) is 0 Å². The van der Waals surface area contributed by atoms with Crippen molar-refractivity contribution in [2.24, 2.45) is 0 Å². The van der Waals surface area contributed by atoms with E-state index in [2.05, 4.69) is 5.16 Å². The summed E-state index contributed by atoms with van der Waals surface area (Å²) in [5, 5.41) is 3.66. The predicted molar refractivity (Wildman–Crippen MR) is 82.4 cm³/mol. The first-order valence-corrected chi connectivity index (χ1v) is 8.82. The van der Waals surface area contributed by atoms with Crippen LogP contribution in [0.2, 0.25) is 0 Å². The van der Waals surface area contributed by atoms with Gasteiger partial charge < -0.3 is 14.2 Å². The Labute approximate surface area is 135 Å². The average Bonchev–Trinajstić information content (AvgIpc) is 2.82. The monoisotopic (exact) mass is 346 g/mol. The number of nitrogens with zero attached hydrogens (tertiary/aromatic N) is 4. The van der Waals surface area contributed by atoms with E-state index in [1.165, 1.54) is 28.8 Å². The van der Waals surface area contributed by atoms with Gasteiger partial charge in [0.1, 0.15) is 0 Å². The highest BCUT2D eigenvalue weighted by molar-refractivity contribution is 7.86. The van der Waals surface area contributed by atoms with E-state index in [0.717, 1.165) is 0 Å². The third kappa shape index (κ3) is 4.01. The molecule has 0 saturated carbocycles. The van der Waals surface area contributed by atoms with E-state index in [9.17, 15) is 13.2 Å². The Morgan fingerprint density at radius 3 is 2.74 bits per heavy atom. The maximum atomic E-state index is 12.4. The van der Waals surface area contributed by atoms with E-state index in [-0.39, 0.29) is 24.1 Å². The van der Waals surface area contributed by atoms with Crippen LogP contribution >= 0.6 is 0 Å². The Morgan fingerprint density at radius 2 is 2.09 bits per heavy atom. The molecule has 9 nitrogen and oxygen atoms in total. The molecule has 0 atom stereocenters. The first kappa shape index (κ1) is 17.7. The highest BCUT2D eigenvalue weighted by atomic mass is 32.2. The molecular weight excluding hydrogens is 324 g/mol. The van der Waals surface area contributed by atoms with Crippen molar-refractivity contribution < 1.29 is 22.5 Å². The lowest BCUT2D eigenvalue weighted by atomic mass is 10.3. The quantitative estimate of drug-likeness (QED) is 0.746. The molecule has 1 saturated heterocycles. The van der Waals surface area contributed by atoms with Gasteiger partial charge in [-0.2, -0.15) is 17.0 Å².